The van der Waals surface area contributed by atoms with Crippen LogP contribution in [-0.4, -0.2) is 19.8 Å². The molecule has 72 valence electrons. The fraction of sp³-hybridized carbons (Fsp3) is 0.778. The van der Waals surface area contributed by atoms with Crippen LogP contribution in [-0.2, 0) is 4.74 Å². The second-order valence-corrected chi connectivity index (χ2v) is 2.95. The molecule has 0 aromatic carbocycles. The SMILES string of the molecule is C=C(CC)CC(CCOC)NN. The lowest BCUT2D eigenvalue weighted by Gasteiger charge is -2.15. The first-order valence-corrected chi connectivity index (χ1v) is 4.36. The van der Waals surface area contributed by atoms with Crippen LogP contribution in [0.3, 0.4) is 0 Å². The summed E-state index contributed by atoms with van der Waals surface area (Å²) in [5.41, 5.74) is 3.99. The van der Waals surface area contributed by atoms with Crippen molar-refractivity contribution in [3.8, 4) is 0 Å². The zero-order chi connectivity index (χ0) is 9.40. The second-order valence-electron chi connectivity index (χ2n) is 2.95. The molecule has 3 nitrogen and oxygen atoms in total. The minimum absolute atomic E-state index is 0.303. The number of hydrogen-bond donors (Lipinski definition) is 2. The topological polar surface area (TPSA) is 47.3 Å². The van der Waals surface area contributed by atoms with E-state index >= 15 is 0 Å². The molecular formula is C9H20N2O. The van der Waals surface area contributed by atoms with Crippen LogP contribution in [0.25, 0.3) is 0 Å². The van der Waals surface area contributed by atoms with Gasteiger partial charge < -0.3 is 4.74 Å². The molecule has 0 bridgehead atoms. The van der Waals surface area contributed by atoms with Gasteiger partial charge in [-0.15, -0.1) is 0 Å². The van der Waals surface area contributed by atoms with Crippen LogP contribution in [0.5, 0.6) is 0 Å². The third kappa shape index (κ3) is 5.29. The highest BCUT2D eigenvalue weighted by Gasteiger charge is 2.06. The molecule has 0 saturated carbocycles. The second kappa shape index (κ2) is 7.28. The highest BCUT2D eigenvalue weighted by Crippen LogP contribution is 2.08. The molecule has 0 aliphatic carbocycles. The highest BCUT2D eigenvalue weighted by atomic mass is 16.5. The Morgan fingerprint density at radius 1 is 1.67 bits per heavy atom. The van der Waals surface area contributed by atoms with E-state index in [1.807, 2.05) is 0 Å². The lowest BCUT2D eigenvalue weighted by atomic mass is 10.0. The average molecular weight is 172 g/mol. The van der Waals surface area contributed by atoms with E-state index in [0.717, 1.165) is 25.9 Å². The largest absolute Gasteiger partial charge is 0.385 e. The zero-order valence-electron chi connectivity index (χ0n) is 8.10. The van der Waals surface area contributed by atoms with Crippen molar-refractivity contribution in [3.05, 3.63) is 12.2 Å². The van der Waals surface area contributed by atoms with Gasteiger partial charge in [0.05, 0.1) is 0 Å². The van der Waals surface area contributed by atoms with E-state index in [4.69, 9.17) is 10.6 Å². The van der Waals surface area contributed by atoms with Gasteiger partial charge in [-0.25, -0.2) is 0 Å². The maximum atomic E-state index is 5.37. The maximum absolute atomic E-state index is 5.37. The Bertz CT molecular complexity index is 126. The molecule has 12 heavy (non-hydrogen) atoms. The molecule has 0 fully saturated rings. The van der Waals surface area contributed by atoms with Crippen LogP contribution < -0.4 is 11.3 Å². The fourth-order valence-corrected chi connectivity index (χ4v) is 0.997. The van der Waals surface area contributed by atoms with E-state index in [1.54, 1.807) is 7.11 Å². The van der Waals surface area contributed by atoms with Gasteiger partial charge in [0.15, 0.2) is 0 Å². The van der Waals surface area contributed by atoms with E-state index in [2.05, 4.69) is 18.9 Å². The minimum Gasteiger partial charge on any atom is -0.385 e. The molecule has 0 spiro atoms. The molecule has 0 aliphatic heterocycles. The number of methoxy groups -OCH3 is 1. The van der Waals surface area contributed by atoms with Crippen LogP contribution in [0.1, 0.15) is 26.2 Å². The number of nitrogens with two attached hydrogens (primary N) is 1. The third-order valence-electron chi connectivity index (χ3n) is 1.94. The van der Waals surface area contributed by atoms with Gasteiger partial charge in [-0.2, -0.15) is 0 Å². The molecule has 3 heteroatoms. The number of hydrazine groups is 1. The molecule has 0 radical (unpaired) electrons. The van der Waals surface area contributed by atoms with Crippen molar-refractivity contribution in [2.45, 2.75) is 32.2 Å². The molecular weight excluding hydrogens is 152 g/mol. The summed E-state index contributed by atoms with van der Waals surface area (Å²) in [6.45, 7) is 6.78. The zero-order valence-corrected chi connectivity index (χ0v) is 8.10. The average Bonchev–Trinajstić information content (AvgIpc) is 2.11. The van der Waals surface area contributed by atoms with Crippen molar-refractivity contribution >= 4 is 0 Å². The summed E-state index contributed by atoms with van der Waals surface area (Å²) in [4.78, 5) is 0. The van der Waals surface area contributed by atoms with Crippen molar-refractivity contribution < 1.29 is 4.74 Å². The molecule has 0 heterocycles. The molecule has 1 atom stereocenters. The predicted molar refractivity (Wildman–Crippen MR) is 51.7 cm³/mol. The molecule has 3 N–H and O–H groups in total. The fourth-order valence-electron chi connectivity index (χ4n) is 0.997. The summed E-state index contributed by atoms with van der Waals surface area (Å²) in [5.74, 6) is 5.37. The van der Waals surface area contributed by atoms with E-state index in [1.165, 1.54) is 5.57 Å². The quantitative estimate of drug-likeness (QED) is 0.345. The summed E-state index contributed by atoms with van der Waals surface area (Å²) in [7, 11) is 1.70. The van der Waals surface area contributed by atoms with Crippen LogP contribution in [0.2, 0.25) is 0 Å². The molecule has 1 unspecified atom stereocenters. The van der Waals surface area contributed by atoms with Crippen LogP contribution in [0.4, 0.5) is 0 Å². The number of nitrogens with one attached hydrogen (secondary N) is 1. The lowest BCUT2D eigenvalue weighted by molar-refractivity contribution is 0.182. The van der Waals surface area contributed by atoms with Crippen molar-refractivity contribution in [3.63, 3.8) is 0 Å². The van der Waals surface area contributed by atoms with E-state index < -0.39 is 0 Å². The first-order valence-electron chi connectivity index (χ1n) is 4.36. The highest BCUT2D eigenvalue weighted by molar-refractivity contribution is 4.95. The number of rotatable bonds is 7. The Morgan fingerprint density at radius 2 is 2.33 bits per heavy atom. The van der Waals surface area contributed by atoms with Crippen LogP contribution >= 0.6 is 0 Å². The summed E-state index contributed by atoms with van der Waals surface area (Å²) in [5, 5.41) is 0. The van der Waals surface area contributed by atoms with Gasteiger partial charge in [0, 0.05) is 19.8 Å². The first kappa shape index (κ1) is 11.6. The van der Waals surface area contributed by atoms with Gasteiger partial charge in [-0.05, 0) is 19.3 Å². The Labute approximate surface area is 74.9 Å². The number of hydrogen-bond acceptors (Lipinski definition) is 3. The number of ether oxygens (including phenoxy) is 1. The monoisotopic (exact) mass is 172 g/mol. The van der Waals surface area contributed by atoms with Crippen molar-refractivity contribution in [1.82, 2.24) is 5.43 Å². The lowest BCUT2D eigenvalue weighted by Crippen LogP contribution is -2.36. The molecule has 0 aliphatic rings. The van der Waals surface area contributed by atoms with Gasteiger partial charge in [-0.3, -0.25) is 11.3 Å². The standard InChI is InChI=1S/C9H20N2O/c1-4-8(2)7-9(11-10)5-6-12-3/h9,11H,2,4-7,10H2,1,3H3. The van der Waals surface area contributed by atoms with Crippen molar-refractivity contribution in [2.24, 2.45) is 5.84 Å². The van der Waals surface area contributed by atoms with E-state index in [9.17, 15) is 0 Å². The van der Waals surface area contributed by atoms with Crippen LogP contribution in [0, 0.1) is 0 Å². The van der Waals surface area contributed by atoms with E-state index in [-0.39, 0.29) is 0 Å². The maximum Gasteiger partial charge on any atom is 0.0477 e. The van der Waals surface area contributed by atoms with Crippen molar-refractivity contribution in [1.29, 1.82) is 0 Å². The summed E-state index contributed by atoms with van der Waals surface area (Å²) < 4.78 is 4.96. The Morgan fingerprint density at radius 3 is 2.75 bits per heavy atom. The summed E-state index contributed by atoms with van der Waals surface area (Å²) in [6.07, 6.45) is 2.90. The summed E-state index contributed by atoms with van der Waals surface area (Å²) >= 11 is 0. The normalized spacial score (nSPS) is 12.9. The molecule has 0 aromatic rings. The molecule has 0 aromatic heterocycles. The summed E-state index contributed by atoms with van der Waals surface area (Å²) in [6, 6.07) is 0.303. The van der Waals surface area contributed by atoms with Gasteiger partial charge >= 0.3 is 0 Å². The van der Waals surface area contributed by atoms with Gasteiger partial charge in [0.25, 0.3) is 0 Å². The van der Waals surface area contributed by atoms with Gasteiger partial charge in [0.1, 0.15) is 0 Å². The molecule has 0 rings (SSSR count). The Balaban J connectivity index is 3.59. The minimum atomic E-state index is 0.303. The smallest absolute Gasteiger partial charge is 0.0477 e. The van der Waals surface area contributed by atoms with Crippen molar-refractivity contribution in [2.75, 3.05) is 13.7 Å². The van der Waals surface area contributed by atoms with Crippen LogP contribution in [0.15, 0.2) is 12.2 Å². The van der Waals surface area contributed by atoms with Gasteiger partial charge in [-0.1, -0.05) is 19.1 Å². The third-order valence-corrected chi connectivity index (χ3v) is 1.94. The van der Waals surface area contributed by atoms with E-state index in [0.29, 0.717) is 6.04 Å². The predicted octanol–water partition coefficient (Wildman–Crippen LogP) is 1.21. The molecule has 0 amide bonds. The Hall–Kier alpha value is -0.380. The molecule has 0 saturated heterocycles. The Kier molecular flexibility index (Phi) is 7.05. The van der Waals surface area contributed by atoms with Gasteiger partial charge in [0.2, 0.25) is 0 Å². The first-order chi connectivity index (χ1) is 5.74.